The van der Waals surface area contributed by atoms with Crippen LogP contribution < -0.4 is 10.1 Å². The lowest BCUT2D eigenvalue weighted by molar-refractivity contribution is 0.398. The highest BCUT2D eigenvalue weighted by Gasteiger charge is 2.05. The maximum Gasteiger partial charge on any atom is 0.214 e. The van der Waals surface area contributed by atoms with Crippen molar-refractivity contribution in [2.75, 3.05) is 12.4 Å². The number of methoxy groups -OCH3 is 1. The number of hydrogen-bond acceptors (Lipinski definition) is 3. The fourth-order valence-corrected chi connectivity index (χ4v) is 1.89. The van der Waals surface area contributed by atoms with Gasteiger partial charge < -0.3 is 10.1 Å². The van der Waals surface area contributed by atoms with Gasteiger partial charge in [0.1, 0.15) is 11.6 Å². The Hall–Kier alpha value is -2.10. The van der Waals surface area contributed by atoms with Gasteiger partial charge in [-0.15, -0.1) is 0 Å². The van der Waals surface area contributed by atoms with Crippen molar-refractivity contribution in [3.05, 3.63) is 53.8 Å². The molecule has 0 bridgehead atoms. The molecule has 2 aromatic rings. The third kappa shape index (κ3) is 3.95. The van der Waals surface area contributed by atoms with Gasteiger partial charge in [0.2, 0.25) is 5.88 Å². The molecule has 0 amide bonds. The van der Waals surface area contributed by atoms with E-state index < -0.39 is 0 Å². The molecule has 19 heavy (non-hydrogen) atoms. The minimum absolute atomic E-state index is 0.199. The lowest BCUT2D eigenvalue weighted by atomic mass is 10.1. The van der Waals surface area contributed by atoms with E-state index in [1.165, 1.54) is 12.1 Å². The third-order valence-electron chi connectivity index (χ3n) is 2.78. The number of halogens is 1. The quantitative estimate of drug-likeness (QED) is 0.896. The summed E-state index contributed by atoms with van der Waals surface area (Å²) in [5, 5.41) is 3.29. The van der Waals surface area contributed by atoms with Crippen molar-refractivity contribution in [2.24, 2.45) is 0 Å². The number of rotatable bonds is 5. The number of nitrogens with zero attached hydrogens (tertiary/aromatic N) is 1. The van der Waals surface area contributed by atoms with Crippen LogP contribution in [0.1, 0.15) is 12.5 Å². The SMILES string of the molecule is COc1cccc(NC(C)Cc2ccc(F)cc2)n1. The molecular weight excluding hydrogens is 243 g/mol. The van der Waals surface area contributed by atoms with E-state index in [1.807, 2.05) is 12.1 Å². The van der Waals surface area contributed by atoms with Crippen molar-refractivity contribution in [3.8, 4) is 5.88 Å². The van der Waals surface area contributed by atoms with Gasteiger partial charge in [-0.2, -0.15) is 4.98 Å². The molecule has 1 aromatic carbocycles. The molecule has 1 heterocycles. The summed E-state index contributed by atoms with van der Waals surface area (Å²) >= 11 is 0. The second-order valence-electron chi connectivity index (χ2n) is 4.44. The number of nitrogens with one attached hydrogen (secondary N) is 1. The standard InChI is InChI=1S/C15H17FN2O/c1-11(10-12-6-8-13(16)9-7-12)17-14-4-3-5-15(18-14)19-2/h3-9,11H,10H2,1-2H3,(H,17,18). The van der Waals surface area contributed by atoms with E-state index in [0.717, 1.165) is 17.8 Å². The van der Waals surface area contributed by atoms with E-state index >= 15 is 0 Å². The van der Waals surface area contributed by atoms with Crippen LogP contribution >= 0.6 is 0 Å². The van der Waals surface area contributed by atoms with Crippen LogP contribution in [0.2, 0.25) is 0 Å². The van der Waals surface area contributed by atoms with E-state index in [1.54, 1.807) is 25.3 Å². The second-order valence-corrected chi connectivity index (χ2v) is 4.44. The molecule has 0 aliphatic carbocycles. The Kier molecular flexibility index (Phi) is 4.34. The van der Waals surface area contributed by atoms with E-state index in [4.69, 9.17) is 4.74 Å². The van der Waals surface area contributed by atoms with Crippen LogP contribution in [-0.4, -0.2) is 18.1 Å². The minimum Gasteiger partial charge on any atom is -0.481 e. The fraction of sp³-hybridized carbons (Fsp3) is 0.267. The average Bonchev–Trinajstić information content (AvgIpc) is 2.41. The first-order chi connectivity index (χ1) is 9.17. The van der Waals surface area contributed by atoms with Crippen LogP contribution in [0, 0.1) is 5.82 Å². The Balaban J connectivity index is 1.96. The number of hydrogen-bond donors (Lipinski definition) is 1. The summed E-state index contributed by atoms with van der Waals surface area (Å²) in [7, 11) is 1.59. The lowest BCUT2D eigenvalue weighted by Gasteiger charge is -2.15. The van der Waals surface area contributed by atoms with Crippen molar-refractivity contribution < 1.29 is 9.13 Å². The molecule has 0 spiro atoms. The Morgan fingerprint density at radius 3 is 2.63 bits per heavy atom. The molecular formula is C15H17FN2O. The predicted molar refractivity (Wildman–Crippen MR) is 74.0 cm³/mol. The van der Waals surface area contributed by atoms with Crippen LogP contribution in [0.15, 0.2) is 42.5 Å². The highest BCUT2D eigenvalue weighted by atomic mass is 19.1. The van der Waals surface area contributed by atoms with Crippen molar-refractivity contribution in [2.45, 2.75) is 19.4 Å². The van der Waals surface area contributed by atoms with E-state index in [9.17, 15) is 4.39 Å². The smallest absolute Gasteiger partial charge is 0.214 e. The summed E-state index contributed by atoms with van der Waals surface area (Å²) in [5.74, 6) is 1.15. The molecule has 0 fully saturated rings. The molecule has 1 atom stereocenters. The summed E-state index contributed by atoms with van der Waals surface area (Å²) in [6.07, 6.45) is 0.805. The molecule has 0 saturated heterocycles. The number of benzene rings is 1. The Morgan fingerprint density at radius 1 is 1.21 bits per heavy atom. The van der Waals surface area contributed by atoms with Gasteiger partial charge in [0.15, 0.2) is 0 Å². The highest BCUT2D eigenvalue weighted by Crippen LogP contribution is 2.13. The monoisotopic (exact) mass is 260 g/mol. The molecule has 2 rings (SSSR count). The molecule has 0 saturated carbocycles. The average molecular weight is 260 g/mol. The van der Waals surface area contributed by atoms with Gasteiger partial charge in [-0.05, 0) is 37.1 Å². The van der Waals surface area contributed by atoms with Gasteiger partial charge in [-0.25, -0.2) is 4.39 Å². The Labute approximate surface area is 112 Å². The van der Waals surface area contributed by atoms with E-state index in [-0.39, 0.29) is 11.9 Å². The summed E-state index contributed by atoms with van der Waals surface area (Å²) < 4.78 is 17.9. The summed E-state index contributed by atoms with van der Waals surface area (Å²) in [4.78, 5) is 4.29. The summed E-state index contributed by atoms with van der Waals surface area (Å²) in [6.45, 7) is 2.06. The minimum atomic E-state index is -0.209. The molecule has 100 valence electrons. The maximum atomic E-state index is 12.8. The van der Waals surface area contributed by atoms with Crippen molar-refractivity contribution >= 4 is 5.82 Å². The third-order valence-corrected chi connectivity index (χ3v) is 2.78. The van der Waals surface area contributed by atoms with Gasteiger partial charge in [0.05, 0.1) is 7.11 Å². The second kappa shape index (κ2) is 6.18. The predicted octanol–water partition coefficient (Wildman–Crippen LogP) is 3.27. The van der Waals surface area contributed by atoms with Gasteiger partial charge in [0, 0.05) is 12.1 Å². The molecule has 1 aromatic heterocycles. The topological polar surface area (TPSA) is 34.1 Å². The van der Waals surface area contributed by atoms with Crippen LogP contribution in [0.5, 0.6) is 5.88 Å². The fourth-order valence-electron chi connectivity index (χ4n) is 1.89. The molecule has 0 aliphatic heterocycles. The number of anilines is 1. The molecule has 0 aliphatic rings. The van der Waals surface area contributed by atoms with Crippen LogP contribution in [-0.2, 0) is 6.42 Å². The Morgan fingerprint density at radius 2 is 1.95 bits per heavy atom. The first-order valence-electron chi connectivity index (χ1n) is 6.19. The van der Waals surface area contributed by atoms with Crippen molar-refractivity contribution in [1.29, 1.82) is 0 Å². The maximum absolute atomic E-state index is 12.8. The normalized spacial score (nSPS) is 11.9. The van der Waals surface area contributed by atoms with Crippen molar-refractivity contribution in [3.63, 3.8) is 0 Å². The van der Waals surface area contributed by atoms with Crippen molar-refractivity contribution in [1.82, 2.24) is 4.98 Å². The number of aromatic nitrogens is 1. The lowest BCUT2D eigenvalue weighted by Crippen LogP contribution is -2.18. The molecule has 3 nitrogen and oxygen atoms in total. The first-order valence-corrected chi connectivity index (χ1v) is 6.19. The van der Waals surface area contributed by atoms with Crippen LogP contribution in [0.25, 0.3) is 0 Å². The number of pyridine rings is 1. The Bertz CT molecular complexity index is 528. The van der Waals surface area contributed by atoms with Gasteiger partial charge in [-0.3, -0.25) is 0 Å². The zero-order valence-corrected chi connectivity index (χ0v) is 11.1. The van der Waals surface area contributed by atoms with E-state index in [2.05, 4.69) is 17.2 Å². The molecule has 4 heteroatoms. The molecule has 1 unspecified atom stereocenters. The summed E-state index contributed by atoms with van der Waals surface area (Å²) in [5.41, 5.74) is 1.09. The first kappa shape index (κ1) is 13.3. The zero-order valence-electron chi connectivity index (χ0n) is 11.1. The van der Waals surface area contributed by atoms with Gasteiger partial charge in [0.25, 0.3) is 0 Å². The van der Waals surface area contributed by atoms with E-state index in [0.29, 0.717) is 5.88 Å². The van der Waals surface area contributed by atoms with Gasteiger partial charge >= 0.3 is 0 Å². The van der Waals surface area contributed by atoms with Crippen LogP contribution in [0.3, 0.4) is 0 Å². The zero-order chi connectivity index (χ0) is 13.7. The van der Waals surface area contributed by atoms with Crippen LogP contribution in [0.4, 0.5) is 10.2 Å². The highest BCUT2D eigenvalue weighted by molar-refractivity contribution is 5.38. The summed E-state index contributed by atoms with van der Waals surface area (Å²) in [6, 6.07) is 12.3. The van der Waals surface area contributed by atoms with Gasteiger partial charge in [-0.1, -0.05) is 18.2 Å². The number of ether oxygens (including phenoxy) is 1. The molecule has 0 radical (unpaired) electrons. The molecule has 1 N–H and O–H groups in total. The largest absolute Gasteiger partial charge is 0.481 e.